The standard InChI is InChI=1S/C22H42O4.K.Li.2H/c1-4-6-8-9-10-11-12-13-14-16-18-22(3,17-15-7-5-2)26-21(25)19-20(23)24;;;;/h4-19H2,1-3H3,(H,23,24);;;;. The summed E-state index contributed by atoms with van der Waals surface area (Å²) in [4.78, 5) is 22.5. The monoisotopic (exact) mass is 418 g/mol. The molecular formula is C22H44KLiO4. The van der Waals surface area contributed by atoms with Crippen LogP contribution in [-0.2, 0) is 14.3 Å². The summed E-state index contributed by atoms with van der Waals surface area (Å²) in [5.41, 5.74) is -0.512. The average molecular weight is 419 g/mol. The van der Waals surface area contributed by atoms with Crippen molar-refractivity contribution in [2.75, 3.05) is 0 Å². The normalized spacial score (nSPS) is 12.4. The predicted octanol–water partition coefficient (Wildman–Crippen LogP) is 5.36. The van der Waals surface area contributed by atoms with E-state index < -0.39 is 24.0 Å². The van der Waals surface area contributed by atoms with Crippen LogP contribution in [0.5, 0.6) is 0 Å². The van der Waals surface area contributed by atoms with Crippen molar-refractivity contribution < 1.29 is 19.4 Å². The van der Waals surface area contributed by atoms with Crippen LogP contribution < -0.4 is 0 Å². The van der Waals surface area contributed by atoms with E-state index in [1.54, 1.807) is 0 Å². The summed E-state index contributed by atoms with van der Waals surface area (Å²) in [6.45, 7) is 6.36. The van der Waals surface area contributed by atoms with Crippen molar-refractivity contribution in [2.24, 2.45) is 0 Å². The Balaban J connectivity index is -0.00000312. The van der Waals surface area contributed by atoms with E-state index in [4.69, 9.17) is 9.84 Å². The molecule has 0 aliphatic carbocycles. The molecule has 0 bridgehead atoms. The van der Waals surface area contributed by atoms with Gasteiger partial charge in [-0.3, -0.25) is 9.59 Å². The number of carbonyl (C=O) groups is 2. The molecule has 0 aromatic rings. The first-order chi connectivity index (χ1) is 12.4. The van der Waals surface area contributed by atoms with E-state index in [9.17, 15) is 9.59 Å². The average Bonchev–Trinajstić information content (AvgIpc) is 2.56. The molecule has 0 amide bonds. The topological polar surface area (TPSA) is 63.6 Å². The van der Waals surface area contributed by atoms with Crippen molar-refractivity contribution in [1.29, 1.82) is 0 Å². The molecule has 0 saturated heterocycles. The molecule has 0 aliphatic heterocycles. The first-order valence-electron chi connectivity index (χ1n) is 10.9. The fourth-order valence-electron chi connectivity index (χ4n) is 3.40. The number of esters is 1. The van der Waals surface area contributed by atoms with Gasteiger partial charge in [0.25, 0.3) is 0 Å². The van der Waals surface area contributed by atoms with Gasteiger partial charge in [-0.05, 0) is 32.6 Å². The van der Waals surface area contributed by atoms with Crippen LogP contribution in [0.25, 0.3) is 0 Å². The van der Waals surface area contributed by atoms with Crippen molar-refractivity contribution in [3.05, 3.63) is 0 Å². The number of unbranched alkanes of at least 4 members (excludes halogenated alkanes) is 11. The number of aliphatic carboxylic acids is 1. The first kappa shape index (κ1) is 33.8. The minimum atomic E-state index is -1.12. The van der Waals surface area contributed by atoms with Gasteiger partial charge in [-0.1, -0.05) is 84.5 Å². The van der Waals surface area contributed by atoms with Gasteiger partial charge in [0.15, 0.2) is 0 Å². The van der Waals surface area contributed by atoms with E-state index in [2.05, 4.69) is 13.8 Å². The molecule has 4 nitrogen and oxygen atoms in total. The number of hydrogen-bond donors (Lipinski definition) is 1. The fourth-order valence-corrected chi connectivity index (χ4v) is 3.40. The minimum absolute atomic E-state index is 0. The predicted molar refractivity (Wildman–Crippen MR) is 122 cm³/mol. The molecule has 0 rings (SSSR count). The molecule has 6 heteroatoms. The Labute approximate surface area is 228 Å². The van der Waals surface area contributed by atoms with Gasteiger partial charge in [0, 0.05) is 0 Å². The second kappa shape index (κ2) is 22.8. The van der Waals surface area contributed by atoms with E-state index in [0.717, 1.165) is 44.9 Å². The zero-order valence-electron chi connectivity index (χ0n) is 17.5. The van der Waals surface area contributed by atoms with Crippen molar-refractivity contribution in [1.82, 2.24) is 0 Å². The molecule has 0 radical (unpaired) electrons. The molecule has 1 atom stereocenters. The third kappa shape index (κ3) is 21.9. The number of carbonyl (C=O) groups excluding carboxylic acids is 1. The Morgan fingerprint density at radius 1 is 0.750 bits per heavy atom. The molecule has 158 valence electrons. The Bertz CT molecular complexity index is 380. The number of rotatable bonds is 18. The molecule has 0 aliphatic rings. The SMILES string of the molecule is CCCCCCCCCCCCC(C)(CCCCC)OC(=O)CC(=O)O.[KH].[LiH]. The summed E-state index contributed by atoms with van der Waals surface area (Å²) in [6.07, 6.45) is 17.2. The van der Waals surface area contributed by atoms with E-state index in [1.165, 1.54) is 51.4 Å². The van der Waals surface area contributed by atoms with Gasteiger partial charge in [-0.15, -0.1) is 0 Å². The molecule has 0 fully saturated rings. The maximum absolute atomic E-state index is 11.8. The molecule has 1 unspecified atom stereocenters. The molecule has 0 spiro atoms. The number of carboxylic acids is 1. The quantitative estimate of drug-likeness (QED) is 0.141. The van der Waals surface area contributed by atoms with E-state index in [-0.39, 0.29) is 70.2 Å². The van der Waals surface area contributed by atoms with Crippen molar-refractivity contribution in [3.63, 3.8) is 0 Å². The molecule has 1 N–H and O–H groups in total. The third-order valence-electron chi connectivity index (χ3n) is 5.02. The molecule has 28 heavy (non-hydrogen) atoms. The third-order valence-corrected chi connectivity index (χ3v) is 5.02. The Kier molecular flexibility index (Phi) is 27.6. The number of ether oxygens (including phenoxy) is 1. The van der Waals surface area contributed by atoms with Gasteiger partial charge < -0.3 is 9.84 Å². The van der Waals surface area contributed by atoms with Crippen LogP contribution in [-0.4, -0.2) is 92.9 Å². The summed E-state index contributed by atoms with van der Waals surface area (Å²) in [6, 6.07) is 0. The molecule has 0 saturated carbocycles. The number of hydrogen-bond acceptors (Lipinski definition) is 3. The molecule has 0 aromatic heterocycles. The van der Waals surface area contributed by atoms with Gasteiger partial charge >= 0.3 is 82.2 Å². The van der Waals surface area contributed by atoms with Crippen molar-refractivity contribution in [2.45, 2.75) is 129 Å². The Hall–Kier alpha value is 1.17. The van der Waals surface area contributed by atoms with Crippen molar-refractivity contribution in [3.8, 4) is 0 Å². The van der Waals surface area contributed by atoms with Crippen LogP contribution in [0.1, 0.15) is 124 Å². The Morgan fingerprint density at radius 2 is 1.11 bits per heavy atom. The van der Waals surface area contributed by atoms with E-state index >= 15 is 0 Å². The van der Waals surface area contributed by atoms with Gasteiger partial charge in [-0.25, -0.2) is 0 Å². The maximum atomic E-state index is 11.8. The summed E-state index contributed by atoms with van der Waals surface area (Å²) >= 11 is 0. The van der Waals surface area contributed by atoms with Crippen molar-refractivity contribution >= 4 is 82.2 Å². The van der Waals surface area contributed by atoms with Crippen LogP contribution in [0, 0.1) is 0 Å². The summed E-state index contributed by atoms with van der Waals surface area (Å²) in [5, 5.41) is 8.76. The molecule has 0 heterocycles. The van der Waals surface area contributed by atoms with Crippen LogP contribution >= 0.6 is 0 Å². The fraction of sp³-hybridized carbons (Fsp3) is 0.909. The van der Waals surface area contributed by atoms with E-state index in [1.807, 2.05) is 6.92 Å². The Morgan fingerprint density at radius 3 is 1.54 bits per heavy atom. The van der Waals surface area contributed by atoms with Crippen LogP contribution in [0.4, 0.5) is 0 Å². The summed E-state index contributed by atoms with van der Waals surface area (Å²) in [7, 11) is 0. The van der Waals surface area contributed by atoms with E-state index in [0.29, 0.717) is 0 Å². The van der Waals surface area contributed by atoms with Gasteiger partial charge in [0.1, 0.15) is 12.0 Å². The van der Waals surface area contributed by atoms with Gasteiger partial charge in [0.2, 0.25) is 0 Å². The molecular weight excluding hydrogens is 374 g/mol. The van der Waals surface area contributed by atoms with Crippen LogP contribution in [0.15, 0.2) is 0 Å². The van der Waals surface area contributed by atoms with Gasteiger partial charge in [0.05, 0.1) is 0 Å². The first-order valence-corrected chi connectivity index (χ1v) is 10.9. The summed E-state index contributed by atoms with van der Waals surface area (Å²) in [5.74, 6) is -1.73. The zero-order valence-corrected chi connectivity index (χ0v) is 17.5. The second-order valence-corrected chi connectivity index (χ2v) is 7.88. The van der Waals surface area contributed by atoms with Crippen LogP contribution in [0.3, 0.4) is 0 Å². The summed E-state index contributed by atoms with van der Waals surface area (Å²) < 4.78 is 5.56. The number of carboxylic acid groups (broad SMARTS) is 1. The second-order valence-electron chi connectivity index (χ2n) is 7.88. The molecule has 0 aromatic carbocycles. The zero-order chi connectivity index (χ0) is 19.7. The van der Waals surface area contributed by atoms with Gasteiger partial charge in [-0.2, -0.15) is 0 Å². The van der Waals surface area contributed by atoms with Crippen LogP contribution in [0.2, 0.25) is 0 Å².